The molecular formula is C6H9N3O. The molecule has 0 bridgehead atoms. The van der Waals surface area contributed by atoms with E-state index in [-0.39, 0.29) is 5.48 Å². The van der Waals surface area contributed by atoms with Gasteiger partial charge in [0.05, 0.1) is 6.21 Å². The topological polar surface area (TPSA) is 82.8 Å². The summed E-state index contributed by atoms with van der Waals surface area (Å²) in [5.41, 5.74) is 0.965. The quantitative estimate of drug-likeness (QED) is 0.324. The van der Waals surface area contributed by atoms with Gasteiger partial charge in [-0.05, 0) is 17.7 Å². The van der Waals surface area contributed by atoms with Gasteiger partial charge >= 0.3 is 0 Å². The number of rotatable bonds is 1. The highest BCUT2D eigenvalue weighted by Crippen LogP contribution is 1.88. The molecule has 0 aliphatic carbocycles. The third-order valence-corrected chi connectivity index (χ3v) is 0.930. The lowest BCUT2D eigenvalue weighted by Gasteiger charge is -1.85. The molecule has 1 aromatic heterocycles. The van der Waals surface area contributed by atoms with Crippen LogP contribution in [0.25, 0.3) is 0 Å². The minimum Gasteiger partial charge on any atom is -0.412 e. The lowest BCUT2D eigenvalue weighted by atomic mass is 10.3. The van der Waals surface area contributed by atoms with Gasteiger partial charge in [-0.2, -0.15) is 5.10 Å². The Balaban J connectivity index is 0.000000810. The summed E-state index contributed by atoms with van der Waals surface area (Å²) >= 11 is 0. The third-order valence-electron chi connectivity index (χ3n) is 0.930. The molecule has 1 rings (SSSR count). The Morgan fingerprint density at radius 1 is 1.40 bits per heavy atom. The summed E-state index contributed by atoms with van der Waals surface area (Å²) in [5, 5.41) is 3.35. The van der Waals surface area contributed by atoms with Gasteiger partial charge in [-0.25, -0.2) is 0 Å². The molecule has 0 saturated carbocycles. The zero-order valence-electron chi connectivity index (χ0n) is 5.36. The molecule has 4 N–H and O–H groups in total. The Kier molecular flexibility index (Phi) is 3.83. The molecule has 0 aromatic carbocycles. The average Bonchev–Trinajstić information content (AvgIpc) is 1.91. The van der Waals surface area contributed by atoms with Crippen molar-refractivity contribution in [3.05, 3.63) is 30.1 Å². The van der Waals surface area contributed by atoms with Gasteiger partial charge in [0, 0.05) is 12.4 Å². The zero-order chi connectivity index (χ0) is 6.53. The maximum Gasteiger partial charge on any atom is 0.0539 e. The Morgan fingerprint density at radius 3 is 2.50 bits per heavy atom. The second-order valence-corrected chi connectivity index (χ2v) is 1.56. The van der Waals surface area contributed by atoms with E-state index in [9.17, 15) is 0 Å². The van der Waals surface area contributed by atoms with E-state index in [1.54, 1.807) is 18.6 Å². The number of hydrazone groups is 1. The standard InChI is InChI=1S/C6H7N3.H2O/c7-9-5-6-1-3-8-4-2-6;/h1-5H,7H2;1H2. The van der Waals surface area contributed by atoms with Crippen LogP contribution in [0.5, 0.6) is 0 Å². The zero-order valence-corrected chi connectivity index (χ0v) is 5.36. The van der Waals surface area contributed by atoms with Gasteiger partial charge in [-0.15, -0.1) is 0 Å². The van der Waals surface area contributed by atoms with Crippen LogP contribution in [0.2, 0.25) is 0 Å². The van der Waals surface area contributed by atoms with Crippen LogP contribution in [0.1, 0.15) is 5.56 Å². The second kappa shape index (κ2) is 4.46. The van der Waals surface area contributed by atoms with Crippen LogP contribution in [-0.4, -0.2) is 16.7 Å². The van der Waals surface area contributed by atoms with Crippen molar-refractivity contribution in [3.8, 4) is 0 Å². The molecule has 0 spiro atoms. The minimum atomic E-state index is 0. The fraction of sp³-hybridized carbons (Fsp3) is 0. The molecule has 0 unspecified atom stereocenters. The Hall–Kier alpha value is -1.42. The lowest BCUT2D eigenvalue weighted by molar-refractivity contribution is 0.824. The summed E-state index contributed by atoms with van der Waals surface area (Å²) in [6.45, 7) is 0. The van der Waals surface area contributed by atoms with E-state index >= 15 is 0 Å². The van der Waals surface area contributed by atoms with E-state index in [1.165, 1.54) is 0 Å². The smallest absolute Gasteiger partial charge is 0.0539 e. The summed E-state index contributed by atoms with van der Waals surface area (Å²) in [6, 6.07) is 3.66. The van der Waals surface area contributed by atoms with E-state index in [2.05, 4.69) is 10.1 Å². The van der Waals surface area contributed by atoms with E-state index in [0.717, 1.165) is 5.56 Å². The van der Waals surface area contributed by atoms with Crippen LogP contribution in [0.15, 0.2) is 29.6 Å². The third kappa shape index (κ3) is 2.23. The van der Waals surface area contributed by atoms with Gasteiger partial charge in [-0.1, -0.05) is 0 Å². The molecule has 0 saturated heterocycles. The predicted molar refractivity (Wildman–Crippen MR) is 39.6 cm³/mol. The SMILES string of the molecule is NN=Cc1ccncc1.O. The second-order valence-electron chi connectivity index (χ2n) is 1.56. The van der Waals surface area contributed by atoms with Crippen molar-refractivity contribution in [2.75, 3.05) is 0 Å². The van der Waals surface area contributed by atoms with Crippen molar-refractivity contribution < 1.29 is 5.48 Å². The fourth-order valence-electron chi connectivity index (χ4n) is 0.536. The summed E-state index contributed by atoms with van der Waals surface area (Å²) in [7, 11) is 0. The molecule has 0 amide bonds. The van der Waals surface area contributed by atoms with Crippen molar-refractivity contribution in [1.82, 2.24) is 4.98 Å². The first-order chi connectivity index (χ1) is 4.43. The normalized spacial score (nSPS) is 9.20. The van der Waals surface area contributed by atoms with E-state index in [0.29, 0.717) is 0 Å². The predicted octanol–water partition coefficient (Wildman–Crippen LogP) is -0.450. The molecule has 4 nitrogen and oxygen atoms in total. The summed E-state index contributed by atoms with van der Waals surface area (Å²) < 4.78 is 0. The first kappa shape index (κ1) is 8.58. The largest absolute Gasteiger partial charge is 0.412 e. The van der Waals surface area contributed by atoms with Gasteiger partial charge in [0.2, 0.25) is 0 Å². The molecule has 0 aliphatic rings. The summed E-state index contributed by atoms with van der Waals surface area (Å²) in [6.07, 6.45) is 4.95. The van der Waals surface area contributed by atoms with E-state index < -0.39 is 0 Å². The van der Waals surface area contributed by atoms with Crippen LogP contribution >= 0.6 is 0 Å². The fourth-order valence-corrected chi connectivity index (χ4v) is 0.536. The molecule has 0 atom stereocenters. The van der Waals surface area contributed by atoms with Crippen LogP contribution in [0.3, 0.4) is 0 Å². The molecule has 0 radical (unpaired) electrons. The summed E-state index contributed by atoms with van der Waals surface area (Å²) in [5.74, 6) is 4.91. The van der Waals surface area contributed by atoms with Crippen molar-refractivity contribution in [2.24, 2.45) is 10.9 Å². The minimum absolute atomic E-state index is 0. The lowest BCUT2D eigenvalue weighted by Crippen LogP contribution is -1.85. The number of aromatic nitrogens is 1. The van der Waals surface area contributed by atoms with Gasteiger partial charge in [0.1, 0.15) is 0 Å². The number of nitrogens with two attached hydrogens (primary N) is 1. The van der Waals surface area contributed by atoms with Gasteiger partial charge in [0.15, 0.2) is 0 Å². The first-order valence-electron chi connectivity index (χ1n) is 2.57. The van der Waals surface area contributed by atoms with Crippen molar-refractivity contribution in [2.45, 2.75) is 0 Å². The molecule has 1 heterocycles. The van der Waals surface area contributed by atoms with Gasteiger partial charge < -0.3 is 11.3 Å². The maximum absolute atomic E-state index is 4.91. The molecule has 10 heavy (non-hydrogen) atoms. The Morgan fingerprint density at radius 2 is 2.00 bits per heavy atom. The average molecular weight is 139 g/mol. The molecule has 54 valence electrons. The first-order valence-corrected chi connectivity index (χ1v) is 2.57. The van der Waals surface area contributed by atoms with Crippen LogP contribution < -0.4 is 5.84 Å². The molecule has 1 aromatic rings. The molecule has 0 fully saturated rings. The molecular weight excluding hydrogens is 130 g/mol. The van der Waals surface area contributed by atoms with Crippen LogP contribution in [0, 0.1) is 0 Å². The van der Waals surface area contributed by atoms with Crippen molar-refractivity contribution in [3.63, 3.8) is 0 Å². The van der Waals surface area contributed by atoms with Gasteiger partial charge in [-0.3, -0.25) is 4.98 Å². The maximum atomic E-state index is 4.91. The monoisotopic (exact) mass is 139 g/mol. The van der Waals surface area contributed by atoms with Crippen molar-refractivity contribution >= 4 is 6.21 Å². The van der Waals surface area contributed by atoms with E-state index in [4.69, 9.17) is 5.84 Å². The Bertz CT molecular complexity index is 197. The number of hydrogen-bond acceptors (Lipinski definition) is 3. The number of hydrogen-bond donors (Lipinski definition) is 1. The van der Waals surface area contributed by atoms with Crippen LogP contribution in [-0.2, 0) is 0 Å². The van der Waals surface area contributed by atoms with E-state index in [1.807, 2.05) is 12.1 Å². The number of pyridine rings is 1. The highest BCUT2D eigenvalue weighted by atomic mass is 16.0. The highest BCUT2D eigenvalue weighted by Gasteiger charge is 1.80. The number of nitrogens with zero attached hydrogens (tertiary/aromatic N) is 2. The molecule has 0 aliphatic heterocycles. The highest BCUT2D eigenvalue weighted by molar-refractivity contribution is 5.78. The molecule has 4 heteroatoms. The summed E-state index contributed by atoms with van der Waals surface area (Å²) in [4.78, 5) is 3.83. The van der Waals surface area contributed by atoms with Gasteiger partial charge in [0.25, 0.3) is 0 Å². The van der Waals surface area contributed by atoms with Crippen molar-refractivity contribution in [1.29, 1.82) is 0 Å². The van der Waals surface area contributed by atoms with Crippen LogP contribution in [0.4, 0.5) is 0 Å². The Labute approximate surface area is 58.7 Å².